The lowest BCUT2D eigenvalue weighted by atomic mass is 9.78. The molecule has 406 valence electrons. The molecule has 14 nitrogen and oxygen atoms in total. The Bertz CT molecular complexity index is 3230. The average molecular weight is 1090 g/mol. The van der Waals surface area contributed by atoms with Gasteiger partial charge in [-0.15, -0.1) is 26.3 Å². The van der Waals surface area contributed by atoms with Gasteiger partial charge >= 0.3 is 15.6 Å². The first-order chi connectivity index (χ1) is 36.1. The second kappa shape index (κ2) is 22.4. The second-order valence-electron chi connectivity index (χ2n) is 20.2. The minimum Gasteiger partial charge on any atom is -0.455 e. The van der Waals surface area contributed by atoms with Gasteiger partial charge in [0.2, 0.25) is 5.36 Å². The molecule has 5 aliphatic heterocycles. The summed E-state index contributed by atoms with van der Waals surface area (Å²) >= 11 is 0. The van der Waals surface area contributed by atoms with Crippen LogP contribution in [-0.2, 0) is 53.9 Å². The van der Waals surface area contributed by atoms with Crippen molar-refractivity contribution >= 4 is 49.7 Å². The van der Waals surface area contributed by atoms with Crippen LogP contribution in [0.3, 0.4) is 0 Å². The van der Waals surface area contributed by atoms with Gasteiger partial charge in [0, 0.05) is 79.9 Å². The number of hydrogen-bond acceptors (Lipinski definition) is 12. The smallest absolute Gasteiger partial charge is 0.455 e. The molecular weight excluding hydrogens is 1030 g/mol. The van der Waals surface area contributed by atoms with Gasteiger partial charge in [-0.1, -0.05) is 30.4 Å². The van der Waals surface area contributed by atoms with E-state index in [-0.39, 0.29) is 92.7 Å². The molecule has 0 saturated heterocycles. The lowest BCUT2D eigenvalue weighted by molar-refractivity contribution is -0.117. The molecule has 0 aliphatic carbocycles. The molecule has 0 spiro atoms. The van der Waals surface area contributed by atoms with E-state index in [4.69, 9.17) is 31.9 Å². The van der Waals surface area contributed by atoms with Gasteiger partial charge < -0.3 is 19.3 Å². The zero-order valence-corrected chi connectivity index (χ0v) is 45.6. The molecule has 1 amide bonds. The van der Waals surface area contributed by atoms with Gasteiger partial charge in [-0.2, -0.15) is 0 Å². The molecule has 0 unspecified atom stereocenters. The lowest BCUT2D eigenvalue weighted by Crippen LogP contribution is -2.53. The number of benzene rings is 3. The highest BCUT2D eigenvalue weighted by Crippen LogP contribution is 2.56. The van der Waals surface area contributed by atoms with Gasteiger partial charge in [0.15, 0.2) is 28.8 Å². The molecule has 8 rings (SSSR count). The van der Waals surface area contributed by atoms with Gasteiger partial charge in [-0.25, -0.2) is 31.3 Å². The summed E-state index contributed by atoms with van der Waals surface area (Å²) in [5.41, 5.74) is 0.514. The Kier molecular flexibility index (Phi) is 16.7. The van der Waals surface area contributed by atoms with E-state index in [2.05, 4.69) is 35.8 Å². The molecule has 5 heterocycles. The van der Waals surface area contributed by atoms with Gasteiger partial charge in [0.1, 0.15) is 23.8 Å². The lowest BCUT2D eigenvalue weighted by Gasteiger charge is -2.47. The largest absolute Gasteiger partial charge is 0.475 e. The van der Waals surface area contributed by atoms with Crippen molar-refractivity contribution < 1.29 is 68.2 Å². The maximum absolute atomic E-state index is 17.6. The first-order valence-corrected chi connectivity index (χ1v) is 28.0. The molecule has 0 bridgehead atoms. The van der Waals surface area contributed by atoms with Crippen molar-refractivity contribution in [1.29, 1.82) is 0 Å². The monoisotopic (exact) mass is 1090 g/mol. The molecule has 0 atom stereocenters. The van der Waals surface area contributed by atoms with Crippen molar-refractivity contribution in [3.63, 3.8) is 0 Å². The summed E-state index contributed by atoms with van der Waals surface area (Å²) < 4.78 is 139. The molecule has 0 saturated carbocycles. The number of carbonyl (C=O) groups is 2. The molecule has 3 aromatic carbocycles. The fourth-order valence-electron chi connectivity index (χ4n) is 10.7. The van der Waals surface area contributed by atoms with Crippen molar-refractivity contribution in [3.05, 3.63) is 148 Å². The summed E-state index contributed by atoms with van der Waals surface area (Å²) in [6.45, 7) is 23.6. The zero-order valence-electron chi connectivity index (χ0n) is 43.8. The first kappa shape index (κ1) is 56.6. The van der Waals surface area contributed by atoms with Gasteiger partial charge in [-0.05, 0) is 75.8 Å². The third kappa shape index (κ3) is 10.7. The minimum atomic E-state index is -4.26. The van der Waals surface area contributed by atoms with E-state index in [9.17, 15) is 18.7 Å². The number of nitrogens with zero attached hydrogens (tertiary/aromatic N) is 3. The number of phosphoric ester groups is 2. The van der Waals surface area contributed by atoms with Crippen LogP contribution in [-0.4, -0.2) is 94.0 Å². The predicted molar refractivity (Wildman–Crippen MR) is 283 cm³/mol. The molecule has 20 heteroatoms. The van der Waals surface area contributed by atoms with Crippen molar-refractivity contribution in [3.8, 4) is 11.5 Å². The molecule has 5 aliphatic rings. The van der Waals surface area contributed by atoms with E-state index in [1.807, 2.05) is 39.8 Å². The highest BCUT2D eigenvalue weighted by atomic mass is 31.2. The molecule has 0 radical (unpaired) electrons. The molecular formula is C56H64F4N3O11P2+. The fourth-order valence-corrected chi connectivity index (χ4v) is 12.9. The van der Waals surface area contributed by atoms with Crippen LogP contribution in [0.2, 0.25) is 0 Å². The number of ketones is 1. The van der Waals surface area contributed by atoms with E-state index >= 15 is 17.6 Å². The molecule has 0 N–H and O–H groups in total. The summed E-state index contributed by atoms with van der Waals surface area (Å²) in [5.74, 6) is -9.02. The Hall–Kier alpha value is -5.55. The zero-order chi connectivity index (χ0) is 55.1. The molecule has 76 heavy (non-hydrogen) atoms. The third-order valence-electron chi connectivity index (χ3n) is 14.0. The predicted octanol–water partition coefficient (Wildman–Crippen LogP) is 10.6. The van der Waals surface area contributed by atoms with Crippen molar-refractivity contribution in [2.45, 2.75) is 84.2 Å². The Balaban J connectivity index is 1.48. The number of carbonyl (C=O) groups excluding carboxylic acids is 2. The van der Waals surface area contributed by atoms with E-state index in [1.54, 1.807) is 12.1 Å². The van der Waals surface area contributed by atoms with Crippen molar-refractivity contribution in [2.75, 3.05) is 71.2 Å². The quantitative estimate of drug-likeness (QED) is 0.0165. The SMILES string of the molecule is C=CCOP(=O)(OCC=C)OCC1=CC(C)(C)N2CCCc3c4c(cc1c32)C(c1c(F)c(F)c(F)c(F)c1C(=O)N(C)CCCC(C)=O)=c1cc2c3c(c1O4)CCC[N+]=3C(C)(C)C=C2COP(=O)(OCC=C)OCC=C. The van der Waals surface area contributed by atoms with E-state index in [1.165, 1.54) is 38.3 Å². The third-order valence-corrected chi connectivity index (χ3v) is 16.7. The van der Waals surface area contributed by atoms with Crippen LogP contribution in [0.25, 0.3) is 16.7 Å². The summed E-state index contributed by atoms with van der Waals surface area (Å²) in [7, 11) is -7.23. The van der Waals surface area contributed by atoms with Crippen LogP contribution >= 0.6 is 15.6 Å². The van der Waals surface area contributed by atoms with Crippen LogP contribution in [0, 0.1) is 23.3 Å². The highest BCUT2D eigenvalue weighted by molar-refractivity contribution is 7.48. The van der Waals surface area contributed by atoms with E-state index < -0.39 is 67.0 Å². The fraction of sp³-hybridized carbons (Fsp3) is 0.411. The molecule has 3 aromatic rings. The maximum Gasteiger partial charge on any atom is 0.475 e. The summed E-state index contributed by atoms with van der Waals surface area (Å²) in [4.78, 5) is 29.9. The first-order valence-electron chi connectivity index (χ1n) is 25.1. The maximum atomic E-state index is 17.6. The normalized spacial score (nSPS) is 16.8. The van der Waals surface area contributed by atoms with Crippen LogP contribution in [0.4, 0.5) is 23.2 Å². The number of anilines is 1. The van der Waals surface area contributed by atoms with Crippen molar-refractivity contribution in [1.82, 2.24) is 9.48 Å². The second-order valence-corrected chi connectivity index (χ2v) is 23.5. The minimum absolute atomic E-state index is 0.0591. The number of fused-ring (bicyclic) bond motifs is 4. The summed E-state index contributed by atoms with van der Waals surface area (Å²) in [6.07, 6.45) is 11.6. The Morgan fingerprint density at radius 3 is 1.89 bits per heavy atom. The summed E-state index contributed by atoms with van der Waals surface area (Å²) in [5, 5.41) is 0.808. The number of ether oxygens (including phenoxy) is 1. The van der Waals surface area contributed by atoms with Crippen LogP contribution in [0.1, 0.15) is 104 Å². The number of halogens is 4. The average Bonchev–Trinajstić information content (AvgIpc) is 3.48. The Labute approximate surface area is 440 Å². The molecule has 0 aromatic heterocycles. The Morgan fingerprint density at radius 2 is 1.32 bits per heavy atom. The van der Waals surface area contributed by atoms with Gasteiger partial charge in [0.05, 0.1) is 67.6 Å². The van der Waals surface area contributed by atoms with E-state index in [0.717, 1.165) is 4.90 Å². The number of Topliss-reactive ketones (excluding diaryl/α,β-unsaturated/α-hetero) is 1. The van der Waals surface area contributed by atoms with Gasteiger partial charge in [0.25, 0.3) is 5.91 Å². The summed E-state index contributed by atoms with van der Waals surface area (Å²) in [6, 6.07) is 3.31. The standard InChI is InChI=1S/C56H64F4N3O11P2/c1-11-24-68-75(66,69-25-12-2)72-32-35-30-55(6,7)62-22-16-19-37-50(62)39(35)28-41-43(44-45(47(58)49(60)48(59)46(44)57)54(65)61(10)21-15-18-34(5)64)42-29-40-36(33-73-76(67,70-26-13-3)71-27-14-4)31-56(8,9)63-23-17-20-38(51(40)63)53(42)74-52(37)41/h11-14,28-31H,1-4,15-27,32-33H2,5-10H3/q+1. The van der Waals surface area contributed by atoms with E-state index in [0.29, 0.717) is 83.2 Å². The van der Waals surface area contributed by atoms with Crippen LogP contribution in [0.15, 0.2) is 74.9 Å². The molecule has 0 fully saturated rings. The highest BCUT2D eigenvalue weighted by Gasteiger charge is 2.45. The van der Waals surface area contributed by atoms with Crippen LogP contribution in [0.5, 0.6) is 11.5 Å². The van der Waals surface area contributed by atoms with Crippen molar-refractivity contribution in [2.24, 2.45) is 0 Å². The van der Waals surface area contributed by atoms with Gasteiger partial charge in [-0.3, -0.25) is 31.9 Å². The number of rotatable bonds is 24. The number of hydrogen-bond donors (Lipinski definition) is 0. The van der Waals surface area contributed by atoms with Crippen LogP contribution < -0.4 is 24.8 Å². The Morgan fingerprint density at radius 1 is 0.750 bits per heavy atom. The number of phosphoric acid groups is 2. The number of amides is 1. The topological polar surface area (TPSA) is 142 Å².